The lowest BCUT2D eigenvalue weighted by Gasteiger charge is -2.22. The highest BCUT2D eigenvalue weighted by Gasteiger charge is 2.17. The fraction of sp³-hybridized carbons (Fsp3) is 0.900. The van der Waals surface area contributed by atoms with Gasteiger partial charge in [-0.1, -0.05) is 20.8 Å². The van der Waals surface area contributed by atoms with E-state index in [1.807, 2.05) is 6.92 Å². The molecule has 0 radical (unpaired) electrons. The van der Waals surface area contributed by atoms with Crippen LogP contribution in [0.4, 0.5) is 0 Å². The van der Waals surface area contributed by atoms with E-state index in [1.165, 1.54) is 0 Å². The van der Waals surface area contributed by atoms with Crippen molar-refractivity contribution in [2.24, 2.45) is 5.92 Å². The van der Waals surface area contributed by atoms with E-state index in [-0.39, 0.29) is 5.92 Å². The van der Waals surface area contributed by atoms with Gasteiger partial charge in [0, 0.05) is 6.54 Å². The lowest BCUT2D eigenvalue weighted by atomic mass is 10.1. The van der Waals surface area contributed by atoms with Gasteiger partial charge in [-0.15, -0.1) is 0 Å². The van der Waals surface area contributed by atoms with Crippen LogP contribution >= 0.6 is 0 Å². The molecule has 0 aromatic carbocycles. The zero-order valence-electron chi connectivity index (χ0n) is 8.92. The number of carboxylic acid groups (broad SMARTS) is 1. The smallest absolute Gasteiger partial charge is 0.307 e. The van der Waals surface area contributed by atoms with Crippen LogP contribution < -0.4 is 0 Å². The Balaban J connectivity index is 3.95. The van der Waals surface area contributed by atoms with Crippen molar-refractivity contribution in [1.29, 1.82) is 0 Å². The molecule has 1 unspecified atom stereocenters. The Morgan fingerprint density at radius 3 is 2.31 bits per heavy atom. The summed E-state index contributed by atoms with van der Waals surface area (Å²) in [6.07, 6.45) is 1.81. The molecule has 0 spiro atoms. The monoisotopic (exact) mass is 187 g/mol. The first-order valence-corrected chi connectivity index (χ1v) is 5.10. The summed E-state index contributed by atoms with van der Waals surface area (Å²) < 4.78 is 0. The number of carboxylic acids is 1. The van der Waals surface area contributed by atoms with E-state index < -0.39 is 5.97 Å². The first kappa shape index (κ1) is 12.4. The minimum Gasteiger partial charge on any atom is -0.481 e. The van der Waals surface area contributed by atoms with E-state index >= 15 is 0 Å². The molecule has 0 aromatic heterocycles. The summed E-state index contributed by atoms with van der Waals surface area (Å²) in [5.41, 5.74) is 0. The predicted molar refractivity (Wildman–Crippen MR) is 53.8 cm³/mol. The summed E-state index contributed by atoms with van der Waals surface area (Å²) in [6, 6.07) is 0. The Morgan fingerprint density at radius 2 is 2.00 bits per heavy atom. The standard InChI is InChI=1S/C10H21NO2/c1-4-7-11(6-3)8-9(5-2)10(12)13/h9H,4-8H2,1-3H3,(H,12,13). The van der Waals surface area contributed by atoms with Crippen molar-refractivity contribution >= 4 is 5.97 Å². The van der Waals surface area contributed by atoms with Crippen molar-refractivity contribution in [3.8, 4) is 0 Å². The average molecular weight is 187 g/mol. The number of hydrogen-bond donors (Lipinski definition) is 1. The van der Waals surface area contributed by atoms with Crippen LogP contribution in [0.2, 0.25) is 0 Å². The minimum absolute atomic E-state index is 0.202. The summed E-state index contributed by atoms with van der Waals surface area (Å²) in [4.78, 5) is 13.0. The van der Waals surface area contributed by atoms with Crippen molar-refractivity contribution in [1.82, 2.24) is 4.90 Å². The fourth-order valence-corrected chi connectivity index (χ4v) is 1.39. The van der Waals surface area contributed by atoms with Gasteiger partial charge >= 0.3 is 5.97 Å². The summed E-state index contributed by atoms with van der Waals surface area (Å²) in [5.74, 6) is -0.872. The molecule has 0 saturated carbocycles. The molecule has 0 aliphatic carbocycles. The highest BCUT2D eigenvalue weighted by atomic mass is 16.4. The third kappa shape index (κ3) is 4.88. The molecule has 0 saturated heterocycles. The third-order valence-corrected chi connectivity index (χ3v) is 2.31. The molecule has 1 N–H and O–H groups in total. The van der Waals surface area contributed by atoms with E-state index in [4.69, 9.17) is 5.11 Å². The average Bonchev–Trinajstić information content (AvgIpc) is 2.11. The largest absolute Gasteiger partial charge is 0.481 e. The summed E-state index contributed by atoms with van der Waals surface area (Å²) in [6.45, 7) is 8.75. The Morgan fingerprint density at radius 1 is 1.38 bits per heavy atom. The molecule has 3 nitrogen and oxygen atoms in total. The number of hydrogen-bond acceptors (Lipinski definition) is 2. The first-order valence-electron chi connectivity index (χ1n) is 5.10. The normalized spacial score (nSPS) is 13.2. The maximum Gasteiger partial charge on any atom is 0.307 e. The molecule has 3 heteroatoms. The van der Waals surface area contributed by atoms with E-state index in [2.05, 4.69) is 18.7 Å². The van der Waals surface area contributed by atoms with Crippen molar-refractivity contribution in [3.05, 3.63) is 0 Å². The summed E-state index contributed by atoms with van der Waals surface area (Å²) in [5, 5.41) is 8.86. The van der Waals surface area contributed by atoms with Crippen LogP contribution in [0.25, 0.3) is 0 Å². The lowest BCUT2D eigenvalue weighted by molar-refractivity contribution is -0.142. The molecule has 0 bridgehead atoms. The van der Waals surface area contributed by atoms with Gasteiger partial charge in [-0.25, -0.2) is 0 Å². The zero-order valence-corrected chi connectivity index (χ0v) is 8.92. The van der Waals surface area contributed by atoms with Gasteiger partial charge in [0.1, 0.15) is 0 Å². The molecule has 0 rings (SSSR count). The fourth-order valence-electron chi connectivity index (χ4n) is 1.39. The second-order valence-electron chi connectivity index (χ2n) is 3.34. The van der Waals surface area contributed by atoms with Crippen LogP contribution in [0.3, 0.4) is 0 Å². The third-order valence-electron chi connectivity index (χ3n) is 2.31. The maximum absolute atomic E-state index is 10.8. The number of rotatable bonds is 7. The van der Waals surface area contributed by atoms with Crippen molar-refractivity contribution in [2.75, 3.05) is 19.6 Å². The molecule has 0 aliphatic heterocycles. The highest BCUT2D eigenvalue weighted by Crippen LogP contribution is 2.06. The number of aliphatic carboxylic acids is 1. The van der Waals surface area contributed by atoms with Gasteiger partial charge in [-0.2, -0.15) is 0 Å². The quantitative estimate of drug-likeness (QED) is 0.661. The molecule has 78 valence electrons. The van der Waals surface area contributed by atoms with Crippen LogP contribution in [0, 0.1) is 5.92 Å². The Hall–Kier alpha value is -0.570. The summed E-state index contributed by atoms with van der Waals surface area (Å²) in [7, 11) is 0. The van der Waals surface area contributed by atoms with Crippen LogP contribution in [-0.2, 0) is 4.79 Å². The van der Waals surface area contributed by atoms with Crippen molar-refractivity contribution in [3.63, 3.8) is 0 Å². The van der Waals surface area contributed by atoms with Crippen molar-refractivity contribution < 1.29 is 9.90 Å². The Bertz CT molecular complexity index is 148. The van der Waals surface area contributed by atoms with Gasteiger partial charge in [0.2, 0.25) is 0 Å². The van der Waals surface area contributed by atoms with Crippen LogP contribution in [-0.4, -0.2) is 35.6 Å². The van der Waals surface area contributed by atoms with Gasteiger partial charge in [-0.05, 0) is 25.9 Å². The molecule has 0 aliphatic rings. The van der Waals surface area contributed by atoms with E-state index in [9.17, 15) is 4.79 Å². The molecule has 0 aromatic rings. The van der Waals surface area contributed by atoms with Gasteiger partial charge in [0.15, 0.2) is 0 Å². The summed E-state index contributed by atoms with van der Waals surface area (Å²) >= 11 is 0. The van der Waals surface area contributed by atoms with Gasteiger partial charge in [-0.3, -0.25) is 4.79 Å². The lowest BCUT2D eigenvalue weighted by Crippen LogP contribution is -2.33. The molecule has 13 heavy (non-hydrogen) atoms. The van der Waals surface area contributed by atoms with E-state index in [1.54, 1.807) is 0 Å². The van der Waals surface area contributed by atoms with Crippen LogP contribution in [0.15, 0.2) is 0 Å². The molecule has 0 amide bonds. The highest BCUT2D eigenvalue weighted by molar-refractivity contribution is 5.70. The predicted octanol–water partition coefficient (Wildman–Crippen LogP) is 1.83. The minimum atomic E-state index is -0.669. The SMILES string of the molecule is CCCN(CC)CC(CC)C(=O)O. The van der Waals surface area contributed by atoms with Gasteiger partial charge in [0.25, 0.3) is 0 Å². The number of nitrogens with zero attached hydrogens (tertiary/aromatic N) is 1. The maximum atomic E-state index is 10.8. The second kappa shape index (κ2) is 6.89. The van der Waals surface area contributed by atoms with E-state index in [0.29, 0.717) is 6.54 Å². The zero-order chi connectivity index (χ0) is 10.3. The van der Waals surface area contributed by atoms with Gasteiger partial charge < -0.3 is 10.0 Å². The topological polar surface area (TPSA) is 40.5 Å². The first-order chi connectivity index (χ1) is 6.15. The molecule has 1 atom stereocenters. The van der Waals surface area contributed by atoms with Crippen LogP contribution in [0.5, 0.6) is 0 Å². The molecular formula is C10H21NO2. The van der Waals surface area contributed by atoms with E-state index in [0.717, 1.165) is 25.9 Å². The molecule has 0 fully saturated rings. The Labute approximate surface area is 80.7 Å². The van der Waals surface area contributed by atoms with Crippen molar-refractivity contribution in [2.45, 2.75) is 33.6 Å². The molecule has 0 heterocycles. The number of carbonyl (C=O) groups is 1. The van der Waals surface area contributed by atoms with Crippen LogP contribution in [0.1, 0.15) is 33.6 Å². The molecular weight excluding hydrogens is 166 g/mol. The Kier molecular flexibility index (Phi) is 6.59. The van der Waals surface area contributed by atoms with Gasteiger partial charge in [0.05, 0.1) is 5.92 Å². The second-order valence-corrected chi connectivity index (χ2v) is 3.34.